The van der Waals surface area contributed by atoms with Crippen molar-refractivity contribution in [3.63, 3.8) is 0 Å². The van der Waals surface area contributed by atoms with E-state index in [0.29, 0.717) is 24.9 Å². The van der Waals surface area contributed by atoms with Gasteiger partial charge in [0.15, 0.2) is 21.8 Å². The largest absolute Gasteiger partial charge is 0.480 e. The van der Waals surface area contributed by atoms with Gasteiger partial charge < -0.3 is 14.1 Å². The fourth-order valence-corrected chi connectivity index (χ4v) is 5.15. The van der Waals surface area contributed by atoms with E-state index >= 15 is 0 Å². The lowest BCUT2D eigenvalue weighted by molar-refractivity contribution is -0.189. The lowest BCUT2D eigenvalue weighted by atomic mass is 10.0. The van der Waals surface area contributed by atoms with Gasteiger partial charge in [0.05, 0.1) is 16.2 Å². The van der Waals surface area contributed by atoms with Gasteiger partial charge in [-0.3, -0.25) is 4.79 Å². The van der Waals surface area contributed by atoms with Crippen LogP contribution in [0.3, 0.4) is 0 Å². The zero-order valence-electron chi connectivity index (χ0n) is 18.1. The van der Waals surface area contributed by atoms with E-state index < -0.39 is 28.0 Å². The summed E-state index contributed by atoms with van der Waals surface area (Å²) >= 11 is 0. The highest BCUT2D eigenvalue weighted by atomic mass is 32.2. The molecule has 1 amide bonds. The maximum absolute atomic E-state index is 13.4. The second kappa shape index (κ2) is 7.22. The minimum Gasteiger partial charge on any atom is -0.480 e. The first-order valence-corrected chi connectivity index (χ1v) is 12.6. The Labute approximate surface area is 188 Å². The molecule has 2 heterocycles. The lowest BCUT2D eigenvalue weighted by Crippen LogP contribution is -2.35. The van der Waals surface area contributed by atoms with Gasteiger partial charge in [-0.1, -0.05) is 0 Å². The molecule has 2 aliphatic carbocycles. The van der Waals surface area contributed by atoms with Crippen molar-refractivity contribution >= 4 is 15.7 Å². The summed E-state index contributed by atoms with van der Waals surface area (Å²) in [5.41, 5.74) is 0.280. The molecule has 0 bridgehead atoms. The molecule has 0 spiro atoms. The summed E-state index contributed by atoms with van der Waals surface area (Å²) in [4.78, 5) is 19.4. The monoisotopic (exact) mass is 484 g/mol. The molecular formula is C22H23F3N2O5S. The van der Waals surface area contributed by atoms with Crippen molar-refractivity contribution in [2.75, 3.05) is 19.3 Å². The molecule has 3 fully saturated rings. The molecule has 3 aliphatic rings. The van der Waals surface area contributed by atoms with E-state index in [4.69, 9.17) is 9.15 Å². The molecular weight excluding hydrogens is 461 g/mol. The topological polar surface area (TPSA) is 89.7 Å². The summed E-state index contributed by atoms with van der Waals surface area (Å²) in [7, 11) is -3.68. The maximum Gasteiger partial charge on any atom is 0.425 e. The van der Waals surface area contributed by atoms with Crippen molar-refractivity contribution in [2.45, 2.75) is 54.7 Å². The number of aromatic nitrogens is 1. The second-order valence-corrected chi connectivity index (χ2v) is 11.3. The molecule has 0 N–H and O–H groups in total. The number of alkyl halides is 3. The predicted octanol–water partition coefficient (Wildman–Crippen LogP) is 3.70. The number of oxazole rings is 1. The van der Waals surface area contributed by atoms with Crippen molar-refractivity contribution in [3.8, 4) is 5.75 Å². The number of halogens is 3. The highest BCUT2D eigenvalue weighted by Gasteiger charge is 2.63. The summed E-state index contributed by atoms with van der Waals surface area (Å²) in [6, 6.07) is 3.34. The van der Waals surface area contributed by atoms with E-state index in [-0.39, 0.29) is 27.5 Å². The van der Waals surface area contributed by atoms with Crippen LogP contribution in [0.1, 0.15) is 54.0 Å². The minimum atomic E-state index is -4.64. The van der Waals surface area contributed by atoms with Gasteiger partial charge in [0.2, 0.25) is 0 Å². The Morgan fingerprint density at radius 1 is 1.33 bits per heavy atom. The molecule has 1 aromatic heterocycles. The Balaban J connectivity index is 1.42. The van der Waals surface area contributed by atoms with Gasteiger partial charge in [0, 0.05) is 30.7 Å². The Morgan fingerprint density at radius 3 is 2.70 bits per heavy atom. The molecule has 33 heavy (non-hydrogen) atoms. The average molecular weight is 484 g/mol. The van der Waals surface area contributed by atoms with E-state index in [1.165, 1.54) is 4.90 Å². The van der Waals surface area contributed by atoms with Crippen molar-refractivity contribution in [1.29, 1.82) is 0 Å². The van der Waals surface area contributed by atoms with Crippen LogP contribution in [-0.2, 0) is 15.3 Å². The zero-order chi connectivity index (χ0) is 23.8. The van der Waals surface area contributed by atoms with Crippen LogP contribution >= 0.6 is 0 Å². The number of likely N-dealkylation sites (tertiary alicyclic amines) is 1. The van der Waals surface area contributed by atoms with Crippen LogP contribution in [0.4, 0.5) is 13.2 Å². The number of rotatable bonds is 6. The van der Waals surface area contributed by atoms with Crippen LogP contribution in [0.5, 0.6) is 5.75 Å². The fourth-order valence-electron chi connectivity index (χ4n) is 4.51. The summed E-state index contributed by atoms with van der Waals surface area (Å²) in [5.74, 6) is 0.384. The van der Waals surface area contributed by atoms with E-state index in [1.807, 2.05) is 0 Å². The van der Waals surface area contributed by atoms with Crippen LogP contribution in [0.15, 0.2) is 33.8 Å². The summed E-state index contributed by atoms with van der Waals surface area (Å²) < 4.78 is 73.9. The van der Waals surface area contributed by atoms with Gasteiger partial charge in [-0.05, 0) is 50.3 Å². The number of hydrogen-bond donors (Lipinski definition) is 0. The van der Waals surface area contributed by atoms with Crippen molar-refractivity contribution in [2.24, 2.45) is 5.92 Å². The number of nitrogens with zero attached hydrogens (tertiary/aromatic N) is 2. The number of sulfone groups is 1. The smallest absolute Gasteiger partial charge is 0.425 e. The van der Waals surface area contributed by atoms with Crippen molar-refractivity contribution in [3.05, 3.63) is 41.6 Å². The first-order valence-electron chi connectivity index (χ1n) is 10.7. The maximum atomic E-state index is 13.4. The van der Waals surface area contributed by atoms with Gasteiger partial charge in [0.1, 0.15) is 12.0 Å². The number of ether oxygens (including phenoxy) is 1. The molecule has 178 valence electrons. The number of hydrogen-bond acceptors (Lipinski definition) is 6. The quantitative estimate of drug-likeness (QED) is 0.621. The fraction of sp³-hybridized carbons (Fsp3) is 0.545. The first-order chi connectivity index (χ1) is 15.4. The predicted molar refractivity (Wildman–Crippen MR) is 110 cm³/mol. The highest BCUT2D eigenvalue weighted by molar-refractivity contribution is 7.90. The third-order valence-electron chi connectivity index (χ3n) is 6.77. The van der Waals surface area contributed by atoms with E-state index in [2.05, 4.69) is 4.98 Å². The molecule has 5 rings (SSSR count). The highest BCUT2D eigenvalue weighted by Crippen LogP contribution is 2.59. The van der Waals surface area contributed by atoms with Crippen molar-refractivity contribution in [1.82, 2.24) is 9.88 Å². The second-order valence-electron chi connectivity index (χ2n) is 9.32. The lowest BCUT2D eigenvalue weighted by Gasteiger charge is -2.24. The Kier molecular flexibility index (Phi) is 4.86. The molecule has 2 unspecified atom stereocenters. The van der Waals surface area contributed by atoms with Crippen LogP contribution < -0.4 is 4.74 Å². The number of carbonyl (C=O) groups excluding carboxylic acids is 1. The van der Waals surface area contributed by atoms with E-state index in [0.717, 1.165) is 56.3 Å². The van der Waals surface area contributed by atoms with Gasteiger partial charge in [-0.2, -0.15) is 13.2 Å². The third-order valence-corrected chi connectivity index (χ3v) is 7.88. The molecule has 0 radical (unpaired) electrons. The Bertz CT molecular complexity index is 1220. The van der Waals surface area contributed by atoms with Crippen LogP contribution in [-0.4, -0.2) is 55.8 Å². The van der Waals surface area contributed by atoms with E-state index in [9.17, 15) is 26.4 Å². The van der Waals surface area contributed by atoms with Gasteiger partial charge in [-0.25, -0.2) is 13.4 Å². The number of fused-ring (bicyclic) bond motifs is 1. The summed E-state index contributed by atoms with van der Waals surface area (Å²) in [5, 5.41) is 0. The van der Waals surface area contributed by atoms with Crippen molar-refractivity contribution < 1.29 is 35.5 Å². The Morgan fingerprint density at radius 2 is 2.06 bits per heavy atom. The molecule has 2 aromatic rings. The Hall–Kier alpha value is -2.56. The molecule has 1 aliphatic heterocycles. The molecule has 2 saturated carbocycles. The van der Waals surface area contributed by atoms with E-state index in [1.54, 1.807) is 6.26 Å². The van der Waals surface area contributed by atoms with Gasteiger partial charge in [-0.15, -0.1) is 0 Å². The molecule has 11 heteroatoms. The van der Waals surface area contributed by atoms with Gasteiger partial charge in [0.25, 0.3) is 5.91 Å². The molecule has 7 nitrogen and oxygen atoms in total. The first kappa shape index (κ1) is 22.2. The number of amides is 1. The van der Waals surface area contributed by atoms with Gasteiger partial charge >= 0.3 is 6.18 Å². The minimum absolute atomic E-state index is 0.164. The number of benzene rings is 1. The number of piperidine rings is 1. The van der Waals surface area contributed by atoms with Crippen LogP contribution in [0.25, 0.3) is 0 Å². The molecule has 3 atom stereocenters. The zero-order valence-corrected chi connectivity index (χ0v) is 18.9. The SMILES string of the molecule is C[C@H](Oc1ccc(S(C)(=O)=O)cc1C(=O)N1CC2CC2(c2coc(C3CC3)n2)C1)C(F)(F)F. The third kappa shape index (κ3) is 4.00. The number of carbonyl (C=O) groups is 1. The van der Waals surface area contributed by atoms with Crippen LogP contribution in [0.2, 0.25) is 0 Å². The standard InChI is InChI=1S/C22H23F3N2O5S/c1-12(22(23,24)25)32-17-6-5-15(33(2,29)30)7-16(17)20(28)27-9-14-8-21(14,11-27)18-10-31-19(26-18)13-3-4-13/h5-7,10,12-14H,3-4,8-9,11H2,1-2H3/t12-,14?,21?/m0/s1. The average Bonchev–Trinajstić information content (AvgIpc) is 3.61. The molecule has 1 aromatic carbocycles. The molecule has 1 saturated heterocycles. The summed E-state index contributed by atoms with van der Waals surface area (Å²) in [6.45, 7) is 1.58. The van der Waals surface area contributed by atoms with Crippen LogP contribution in [0, 0.1) is 5.92 Å². The summed E-state index contributed by atoms with van der Waals surface area (Å²) in [6.07, 6.45) is -1.23. The normalized spacial score (nSPS) is 25.6.